The van der Waals surface area contributed by atoms with E-state index in [1.165, 1.54) is 20.3 Å². The summed E-state index contributed by atoms with van der Waals surface area (Å²) in [4.78, 5) is 14.4. The summed E-state index contributed by atoms with van der Waals surface area (Å²) in [6, 6.07) is 10.9. The molecule has 0 radical (unpaired) electrons. The maximum atomic E-state index is 14.7. The zero-order valence-corrected chi connectivity index (χ0v) is 24.8. The quantitative estimate of drug-likeness (QED) is 0.191. The Labute approximate surface area is 253 Å². The zero-order valence-electron chi connectivity index (χ0n) is 24.8. The van der Waals surface area contributed by atoms with E-state index in [9.17, 15) is 27.5 Å². The average Bonchev–Trinajstić information content (AvgIpc) is 3.33. The summed E-state index contributed by atoms with van der Waals surface area (Å²) in [7, 11) is 4.73. The molecule has 0 spiro atoms. The molecule has 4 rings (SSSR count). The molecule has 1 aliphatic heterocycles. The SMILES string of the molecule is COc1cc(C(=O)NCC(CO)OC)ccc1NCC#Cc1cc2c(NC3CCN(C)CC3F)cccc2n1CC(F)(F)F. The van der Waals surface area contributed by atoms with E-state index in [0.29, 0.717) is 46.6 Å². The number of alkyl halides is 4. The normalized spacial score (nSPS) is 17.9. The number of nitrogens with one attached hydrogen (secondary N) is 3. The number of anilines is 2. The van der Waals surface area contributed by atoms with Crippen LogP contribution in [0.1, 0.15) is 22.5 Å². The fourth-order valence-electron chi connectivity index (χ4n) is 5.07. The molecule has 3 unspecified atom stereocenters. The van der Waals surface area contributed by atoms with E-state index in [-0.39, 0.29) is 37.8 Å². The Morgan fingerprint density at radius 3 is 2.66 bits per heavy atom. The van der Waals surface area contributed by atoms with Crippen LogP contribution < -0.4 is 20.7 Å². The Morgan fingerprint density at radius 2 is 1.98 bits per heavy atom. The minimum absolute atomic E-state index is 0.0751. The van der Waals surface area contributed by atoms with Crippen molar-refractivity contribution >= 4 is 28.2 Å². The van der Waals surface area contributed by atoms with E-state index >= 15 is 0 Å². The van der Waals surface area contributed by atoms with Crippen molar-refractivity contribution in [1.82, 2.24) is 14.8 Å². The number of nitrogens with zero attached hydrogens (tertiary/aromatic N) is 2. The molecule has 3 atom stereocenters. The van der Waals surface area contributed by atoms with E-state index in [1.807, 2.05) is 11.9 Å². The third-order valence-corrected chi connectivity index (χ3v) is 7.44. The third kappa shape index (κ3) is 8.34. The number of benzene rings is 2. The Bertz CT molecular complexity index is 1500. The molecule has 44 heavy (non-hydrogen) atoms. The second-order valence-electron chi connectivity index (χ2n) is 10.6. The van der Waals surface area contributed by atoms with Crippen molar-refractivity contribution in [2.24, 2.45) is 0 Å². The zero-order chi connectivity index (χ0) is 31.9. The van der Waals surface area contributed by atoms with Gasteiger partial charge in [0.15, 0.2) is 0 Å². The van der Waals surface area contributed by atoms with Crippen LogP contribution in [0, 0.1) is 11.8 Å². The van der Waals surface area contributed by atoms with Crippen LogP contribution in [0.5, 0.6) is 5.75 Å². The molecule has 3 aromatic rings. The van der Waals surface area contributed by atoms with Gasteiger partial charge >= 0.3 is 6.18 Å². The van der Waals surface area contributed by atoms with Gasteiger partial charge in [0.25, 0.3) is 5.91 Å². The smallest absolute Gasteiger partial charge is 0.406 e. The first kappa shape index (κ1) is 32.9. The van der Waals surface area contributed by atoms with Crippen LogP contribution in [-0.4, -0.2) is 99.0 Å². The van der Waals surface area contributed by atoms with Crippen LogP contribution >= 0.6 is 0 Å². The van der Waals surface area contributed by atoms with Crippen LogP contribution in [0.15, 0.2) is 42.5 Å². The van der Waals surface area contributed by atoms with Crippen molar-refractivity contribution in [2.45, 2.75) is 37.5 Å². The number of fused-ring (bicyclic) bond motifs is 1. The average molecular weight is 620 g/mol. The summed E-state index contributed by atoms with van der Waals surface area (Å²) in [6.45, 7) is -0.262. The summed E-state index contributed by atoms with van der Waals surface area (Å²) >= 11 is 0. The van der Waals surface area contributed by atoms with E-state index in [2.05, 4.69) is 27.8 Å². The summed E-state index contributed by atoms with van der Waals surface area (Å²) < 4.78 is 67.0. The molecular weight excluding hydrogens is 582 g/mol. The number of halogens is 4. The predicted molar refractivity (Wildman–Crippen MR) is 161 cm³/mol. The highest BCUT2D eigenvalue weighted by molar-refractivity contribution is 5.95. The third-order valence-electron chi connectivity index (χ3n) is 7.44. The van der Waals surface area contributed by atoms with Crippen molar-refractivity contribution in [2.75, 3.05) is 64.7 Å². The van der Waals surface area contributed by atoms with Gasteiger partial charge in [0.05, 0.1) is 49.3 Å². The number of carbonyl (C=O) groups is 1. The van der Waals surface area contributed by atoms with Crippen molar-refractivity contribution in [3.8, 4) is 17.6 Å². The first-order chi connectivity index (χ1) is 21.0. The number of piperidine rings is 1. The molecule has 1 aliphatic rings. The van der Waals surface area contributed by atoms with E-state index in [4.69, 9.17) is 9.47 Å². The Hall–Kier alpha value is -3.99. The van der Waals surface area contributed by atoms with Crippen LogP contribution in [0.3, 0.4) is 0 Å². The molecule has 2 aromatic carbocycles. The lowest BCUT2D eigenvalue weighted by Gasteiger charge is -2.33. The number of carbonyl (C=O) groups excluding carboxylic acids is 1. The number of likely N-dealkylation sites (tertiary alicyclic amines) is 1. The second-order valence-corrected chi connectivity index (χ2v) is 10.6. The first-order valence-corrected chi connectivity index (χ1v) is 14.1. The van der Waals surface area contributed by atoms with Crippen LogP contribution in [0.2, 0.25) is 0 Å². The number of amides is 1. The van der Waals surface area contributed by atoms with Gasteiger partial charge in [0, 0.05) is 43.4 Å². The molecule has 9 nitrogen and oxygen atoms in total. The molecule has 0 saturated carbocycles. The Kier molecular flexibility index (Phi) is 11.0. The largest absolute Gasteiger partial charge is 0.495 e. The molecule has 1 fully saturated rings. The minimum Gasteiger partial charge on any atom is -0.495 e. The standard InChI is InChI=1S/C31H37F4N5O4/c1-39-13-11-26(24(32)17-39)38-25-7-4-8-28-23(25)15-21(40(28)19-31(33,34)35)6-5-12-36-27-10-9-20(14-29(27)44-3)30(42)37-16-22(18-41)43-2/h4,7-10,14-15,22,24,26,36,38,41H,11-13,16-19H2,1-3H3,(H,37,42). The molecule has 1 amide bonds. The topological polar surface area (TPSA) is 100 Å². The maximum Gasteiger partial charge on any atom is 0.406 e. The van der Waals surface area contributed by atoms with Crippen molar-refractivity contribution in [1.29, 1.82) is 0 Å². The van der Waals surface area contributed by atoms with Gasteiger partial charge in [-0.1, -0.05) is 12.0 Å². The molecule has 0 aliphatic carbocycles. The summed E-state index contributed by atoms with van der Waals surface area (Å²) in [5.41, 5.74) is 1.94. The van der Waals surface area contributed by atoms with E-state index in [1.54, 1.807) is 36.4 Å². The van der Waals surface area contributed by atoms with Crippen LogP contribution in [-0.2, 0) is 11.3 Å². The van der Waals surface area contributed by atoms with Gasteiger partial charge in [0.1, 0.15) is 18.5 Å². The lowest BCUT2D eigenvalue weighted by Crippen LogP contribution is -2.46. The second kappa shape index (κ2) is 14.7. The van der Waals surface area contributed by atoms with Gasteiger partial charge in [-0.2, -0.15) is 13.2 Å². The summed E-state index contributed by atoms with van der Waals surface area (Å²) in [6.07, 6.45) is -5.55. The van der Waals surface area contributed by atoms with Gasteiger partial charge in [0.2, 0.25) is 0 Å². The monoisotopic (exact) mass is 619 g/mol. The lowest BCUT2D eigenvalue weighted by atomic mass is 10.0. The maximum absolute atomic E-state index is 14.7. The molecule has 4 N–H and O–H groups in total. The van der Waals surface area contributed by atoms with Crippen molar-refractivity contribution in [3.05, 3.63) is 53.7 Å². The van der Waals surface area contributed by atoms with Gasteiger partial charge in [-0.25, -0.2) is 4.39 Å². The highest BCUT2D eigenvalue weighted by Crippen LogP contribution is 2.32. The van der Waals surface area contributed by atoms with Gasteiger partial charge in [-0.3, -0.25) is 4.79 Å². The summed E-state index contributed by atoms with van der Waals surface area (Å²) in [5.74, 6) is 5.72. The first-order valence-electron chi connectivity index (χ1n) is 14.1. The van der Waals surface area contributed by atoms with E-state index in [0.717, 1.165) is 4.57 Å². The highest BCUT2D eigenvalue weighted by Gasteiger charge is 2.31. The fraction of sp³-hybridized carbons (Fsp3) is 0.452. The Balaban J connectivity index is 1.52. The highest BCUT2D eigenvalue weighted by atomic mass is 19.4. The number of aromatic nitrogens is 1. The predicted octanol–water partition coefficient (Wildman–Crippen LogP) is 3.87. The molecule has 238 valence electrons. The van der Waals surface area contributed by atoms with Gasteiger partial charge < -0.3 is 40.0 Å². The minimum atomic E-state index is -4.48. The molecule has 13 heteroatoms. The summed E-state index contributed by atoms with van der Waals surface area (Å²) in [5, 5.41) is 18.7. The van der Waals surface area contributed by atoms with Crippen LogP contribution in [0.4, 0.5) is 28.9 Å². The number of ether oxygens (including phenoxy) is 2. The van der Waals surface area contributed by atoms with Gasteiger partial charge in [-0.15, -0.1) is 0 Å². The van der Waals surface area contributed by atoms with Gasteiger partial charge in [-0.05, 0) is 55.8 Å². The molecular formula is C31H37F4N5O4. The molecule has 2 heterocycles. The number of hydrogen-bond donors (Lipinski definition) is 4. The molecule has 1 saturated heterocycles. The van der Waals surface area contributed by atoms with Crippen LogP contribution in [0.25, 0.3) is 10.9 Å². The molecule has 1 aromatic heterocycles. The number of methoxy groups -OCH3 is 2. The molecule has 0 bridgehead atoms. The fourth-order valence-corrected chi connectivity index (χ4v) is 5.07. The number of aliphatic hydroxyl groups is 1. The van der Waals surface area contributed by atoms with Crippen molar-refractivity contribution < 1.29 is 36.9 Å². The number of rotatable bonds is 11. The Morgan fingerprint density at radius 1 is 1.18 bits per heavy atom. The van der Waals surface area contributed by atoms with Crippen molar-refractivity contribution in [3.63, 3.8) is 0 Å². The lowest BCUT2D eigenvalue weighted by molar-refractivity contribution is -0.140. The van der Waals surface area contributed by atoms with E-state index < -0.39 is 31.0 Å². The number of aliphatic hydroxyl groups excluding tert-OH is 1. The number of hydrogen-bond acceptors (Lipinski definition) is 7.